The molecule has 8 heteroatoms. The smallest absolute Gasteiger partial charge is 0.236 e. The van der Waals surface area contributed by atoms with Gasteiger partial charge in [0.05, 0.1) is 11.8 Å². The van der Waals surface area contributed by atoms with Crippen molar-refractivity contribution in [1.82, 2.24) is 5.32 Å². The van der Waals surface area contributed by atoms with E-state index in [1.165, 1.54) is 0 Å². The van der Waals surface area contributed by atoms with Gasteiger partial charge in [-0.05, 0) is 36.6 Å². The van der Waals surface area contributed by atoms with Crippen molar-refractivity contribution >= 4 is 43.3 Å². The number of nitrogens with two attached hydrogens (primary N) is 1. The van der Waals surface area contributed by atoms with Crippen molar-refractivity contribution in [2.45, 2.75) is 18.9 Å². The summed E-state index contributed by atoms with van der Waals surface area (Å²) in [4.78, 5) is 11.7. The molecule has 0 bridgehead atoms. The molecule has 0 fully saturated rings. The fourth-order valence-electron chi connectivity index (χ4n) is 1.66. The topological polar surface area (TPSA) is 89.3 Å². The Balaban J connectivity index is 2.41. The molecule has 5 nitrogen and oxygen atoms in total. The molecule has 1 amide bonds. The first-order valence-electron chi connectivity index (χ1n) is 6.34. The van der Waals surface area contributed by atoms with Crippen LogP contribution in [0.25, 0.3) is 0 Å². The van der Waals surface area contributed by atoms with Crippen LogP contribution in [0.2, 0.25) is 5.02 Å². The second-order valence-corrected chi connectivity index (χ2v) is 8.35. The molecule has 0 aromatic heterocycles. The van der Waals surface area contributed by atoms with Crippen LogP contribution >= 0.6 is 27.5 Å². The lowest BCUT2D eigenvalue weighted by molar-refractivity contribution is -0.122. The molecule has 1 aromatic rings. The first-order valence-corrected chi connectivity index (χ1v) is 9.57. The largest absolute Gasteiger partial charge is 0.354 e. The van der Waals surface area contributed by atoms with Gasteiger partial charge in [-0.2, -0.15) is 0 Å². The summed E-state index contributed by atoms with van der Waals surface area (Å²) < 4.78 is 23.0. The van der Waals surface area contributed by atoms with Gasteiger partial charge in [0.15, 0.2) is 0 Å². The summed E-state index contributed by atoms with van der Waals surface area (Å²) in [5.41, 5.74) is 6.63. The van der Waals surface area contributed by atoms with Crippen molar-refractivity contribution in [2.24, 2.45) is 5.73 Å². The van der Waals surface area contributed by atoms with Crippen LogP contribution < -0.4 is 11.1 Å². The Kier molecular flexibility index (Phi) is 7.12. The molecule has 0 aliphatic rings. The fourth-order valence-corrected chi connectivity index (χ4v) is 2.98. The number of halogens is 2. The highest BCUT2D eigenvalue weighted by atomic mass is 79.9. The molecule has 1 aromatic carbocycles. The average molecular weight is 398 g/mol. The summed E-state index contributed by atoms with van der Waals surface area (Å²) in [7, 11) is -3.11. The maximum Gasteiger partial charge on any atom is 0.236 e. The first-order chi connectivity index (χ1) is 9.69. The zero-order chi connectivity index (χ0) is 16.0. The lowest BCUT2D eigenvalue weighted by atomic mass is 10.1. The molecule has 1 unspecified atom stereocenters. The van der Waals surface area contributed by atoms with Crippen molar-refractivity contribution in [3.8, 4) is 0 Å². The Morgan fingerprint density at radius 1 is 1.48 bits per heavy atom. The number of carbonyl (C=O) groups is 1. The second kappa shape index (κ2) is 8.12. The van der Waals surface area contributed by atoms with Gasteiger partial charge in [0.2, 0.25) is 5.91 Å². The predicted octanol–water partition coefficient (Wildman–Crippen LogP) is 1.52. The fraction of sp³-hybridized carbons (Fsp3) is 0.462. The van der Waals surface area contributed by atoms with E-state index in [2.05, 4.69) is 21.2 Å². The number of amides is 1. The van der Waals surface area contributed by atoms with Crippen LogP contribution in [0.3, 0.4) is 0 Å². The summed E-state index contributed by atoms with van der Waals surface area (Å²) >= 11 is 9.32. The standard InChI is InChI=1S/C13H18BrClN2O3S/c1-21(19,20)7-5-12(16)13(18)17-6-4-9-8-10(15)2-3-11(9)14/h2-3,8,12H,4-7,16H2,1H3,(H,17,18). The number of carbonyl (C=O) groups excluding carboxylic acids is 1. The van der Waals surface area contributed by atoms with E-state index in [0.29, 0.717) is 18.0 Å². The minimum absolute atomic E-state index is 0.0958. The maximum atomic E-state index is 11.7. The number of rotatable bonds is 7. The van der Waals surface area contributed by atoms with Crippen LogP contribution in [0.15, 0.2) is 22.7 Å². The van der Waals surface area contributed by atoms with E-state index in [0.717, 1.165) is 16.3 Å². The Hall–Kier alpha value is -0.630. The Morgan fingerprint density at radius 3 is 2.76 bits per heavy atom. The van der Waals surface area contributed by atoms with Crippen LogP contribution in [0.1, 0.15) is 12.0 Å². The molecular weight excluding hydrogens is 380 g/mol. The molecule has 3 N–H and O–H groups in total. The SMILES string of the molecule is CS(=O)(=O)CCC(N)C(=O)NCCc1cc(Cl)ccc1Br. The van der Waals surface area contributed by atoms with Crippen LogP contribution in [0.4, 0.5) is 0 Å². The monoisotopic (exact) mass is 396 g/mol. The summed E-state index contributed by atoms with van der Waals surface area (Å²) in [6.07, 6.45) is 1.84. The summed E-state index contributed by atoms with van der Waals surface area (Å²) in [6.45, 7) is 0.407. The molecule has 0 saturated carbocycles. The van der Waals surface area contributed by atoms with Crippen LogP contribution in [0, 0.1) is 0 Å². The Morgan fingerprint density at radius 2 is 2.14 bits per heavy atom. The molecule has 0 radical (unpaired) electrons. The van der Waals surface area contributed by atoms with E-state index in [-0.39, 0.29) is 18.1 Å². The number of sulfone groups is 1. The van der Waals surface area contributed by atoms with Gasteiger partial charge in [0.1, 0.15) is 9.84 Å². The number of benzene rings is 1. The van der Waals surface area contributed by atoms with Gasteiger partial charge >= 0.3 is 0 Å². The van der Waals surface area contributed by atoms with Crippen LogP contribution in [-0.4, -0.2) is 38.9 Å². The molecule has 0 aliphatic heterocycles. The molecule has 0 spiro atoms. The zero-order valence-corrected chi connectivity index (χ0v) is 14.8. The Labute approximate surface area is 138 Å². The van der Waals surface area contributed by atoms with Gasteiger partial charge in [-0.3, -0.25) is 4.79 Å². The van der Waals surface area contributed by atoms with Gasteiger partial charge in [0, 0.05) is 22.3 Å². The molecule has 118 valence electrons. The Bertz CT molecular complexity index is 607. The number of nitrogens with one attached hydrogen (secondary N) is 1. The summed E-state index contributed by atoms with van der Waals surface area (Å²) in [5.74, 6) is -0.446. The molecule has 1 atom stereocenters. The van der Waals surface area contributed by atoms with Crippen LogP contribution in [0.5, 0.6) is 0 Å². The van der Waals surface area contributed by atoms with E-state index >= 15 is 0 Å². The van der Waals surface area contributed by atoms with Crippen molar-refractivity contribution in [1.29, 1.82) is 0 Å². The van der Waals surface area contributed by atoms with E-state index in [9.17, 15) is 13.2 Å². The summed E-state index contributed by atoms with van der Waals surface area (Å²) in [6, 6.07) is 4.62. The number of hydrogen-bond donors (Lipinski definition) is 2. The van der Waals surface area contributed by atoms with E-state index in [4.69, 9.17) is 17.3 Å². The lowest BCUT2D eigenvalue weighted by Crippen LogP contribution is -2.42. The highest BCUT2D eigenvalue weighted by Crippen LogP contribution is 2.21. The minimum Gasteiger partial charge on any atom is -0.354 e. The van der Waals surface area contributed by atoms with Gasteiger partial charge in [-0.15, -0.1) is 0 Å². The third-order valence-electron chi connectivity index (χ3n) is 2.84. The minimum atomic E-state index is -3.11. The second-order valence-electron chi connectivity index (χ2n) is 4.80. The van der Waals surface area contributed by atoms with E-state index < -0.39 is 15.9 Å². The van der Waals surface area contributed by atoms with Gasteiger partial charge in [-0.25, -0.2) is 8.42 Å². The van der Waals surface area contributed by atoms with Crippen molar-refractivity contribution in [3.63, 3.8) is 0 Å². The third-order valence-corrected chi connectivity index (χ3v) is 4.82. The number of hydrogen-bond acceptors (Lipinski definition) is 4. The highest BCUT2D eigenvalue weighted by molar-refractivity contribution is 9.10. The van der Waals surface area contributed by atoms with Gasteiger partial charge in [0.25, 0.3) is 0 Å². The third kappa shape index (κ3) is 7.26. The first kappa shape index (κ1) is 18.4. The highest BCUT2D eigenvalue weighted by Gasteiger charge is 2.15. The predicted molar refractivity (Wildman–Crippen MR) is 88.2 cm³/mol. The lowest BCUT2D eigenvalue weighted by Gasteiger charge is -2.12. The molecular formula is C13H18BrClN2O3S. The zero-order valence-electron chi connectivity index (χ0n) is 11.6. The van der Waals surface area contributed by atoms with E-state index in [1.807, 2.05) is 12.1 Å². The van der Waals surface area contributed by atoms with Crippen molar-refractivity contribution in [2.75, 3.05) is 18.6 Å². The van der Waals surface area contributed by atoms with Crippen LogP contribution in [-0.2, 0) is 21.1 Å². The van der Waals surface area contributed by atoms with Gasteiger partial charge < -0.3 is 11.1 Å². The molecule has 0 heterocycles. The van der Waals surface area contributed by atoms with Crippen molar-refractivity contribution in [3.05, 3.63) is 33.3 Å². The summed E-state index contributed by atoms with van der Waals surface area (Å²) in [5, 5.41) is 3.32. The molecule has 0 aliphatic carbocycles. The normalized spacial score (nSPS) is 13.0. The van der Waals surface area contributed by atoms with Gasteiger partial charge in [-0.1, -0.05) is 27.5 Å². The maximum absolute atomic E-state index is 11.7. The molecule has 1 rings (SSSR count). The quantitative estimate of drug-likeness (QED) is 0.730. The molecule has 21 heavy (non-hydrogen) atoms. The average Bonchev–Trinajstić information content (AvgIpc) is 2.39. The van der Waals surface area contributed by atoms with Crippen molar-refractivity contribution < 1.29 is 13.2 Å². The molecule has 0 saturated heterocycles. The van der Waals surface area contributed by atoms with E-state index in [1.54, 1.807) is 6.07 Å².